The molecule has 0 saturated heterocycles. The van der Waals surface area contributed by atoms with Crippen molar-refractivity contribution in [2.24, 2.45) is 0 Å². The highest BCUT2D eigenvalue weighted by atomic mass is 19.1. The molecule has 25 heavy (non-hydrogen) atoms. The molecule has 3 aromatic carbocycles. The molecule has 126 valence electrons. The molecule has 3 rings (SSSR count). The van der Waals surface area contributed by atoms with Crippen molar-refractivity contribution < 1.29 is 14.3 Å². The van der Waals surface area contributed by atoms with Crippen LogP contribution in [0.25, 0.3) is 16.8 Å². The minimum Gasteiger partial charge on any atom is -0.394 e. The first kappa shape index (κ1) is 16.9. The smallest absolute Gasteiger partial charge is 0.244 e. The molecule has 3 nitrogen and oxygen atoms in total. The Morgan fingerprint density at radius 1 is 1.04 bits per heavy atom. The number of hydrogen-bond acceptors (Lipinski definition) is 2. The number of nitrogens with one attached hydrogen (secondary N) is 1. The Kier molecular flexibility index (Phi) is 5.21. The molecule has 4 heteroatoms. The first-order valence-corrected chi connectivity index (χ1v) is 7.99. The fraction of sp³-hybridized carbons (Fsp3) is 0.0952. The molecule has 0 unspecified atom stereocenters. The van der Waals surface area contributed by atoms with Gasteiger partial charge in [-0.25, -0.2) is 4.39 Å². The maximum Gasteiger partial charge on any atom is 0.244 e. The SMILES string of the molecule is O=C(/C=C/c1cccc(F)c1)N[C@@H](CO)c1ccc2ccccc2c1. The number of hydrogen-bond donors (Lipinski definition) is 2. The molecule has 1 amide bonds. The second kappa shape index (κ2) is 7.73. The van der Waals surface area contributed by atoms with Crippen molar-refractivity contribution in [3.05, 3.63) is 89.8 Å². The first-order valence-electron chi connectivity index (χ1n) is 7.99. The van der Waals surface area contributed by atoms with Crippen LogP contribution in [0.2, 0.25) is 0 Å². The number of carbonyl (C=O) groups is 1. The quantitative estimate of drug-likeness (QED) is 0.696. The number of aliphatic hydroxyl groups excluding tert-OH is 1. The Balaban J connectivity index is 1.73. The zero-order valence-electron chi connectivity index (χ0n) is 13.5. The molecule has 3 aromatic rings. The van der Waals surface area contributed by atoms with Gasteiger partial charge in [-0.1, -0.05) is 48.5 Å². The highest BCUT2D eigenvalue weighted by molar-refractivity contribution is 5.92. The van der Waals surface area contributed by atoms with Gasteiger partial charge in [0, 0.05) is 6.08 Å². The van der Waals surface area contributed by atoms with Crippen molar-refractivity contribution in [3.8, 4) is 0 Å². The standard InChI is InChI=1S/C21H18FNO2/c22-19-7-3-4-15(12-19)8-11-21(25)23-20(14-24)18-10-9-16-5-1-2-6-17(16)13-18/h1-13,20,24H,14H2,(H,23,25)/b11-8+/t20-/m0/s1. The van der Waals surface area contributed by atoms with Gasteiger partial charge in [0.25, 0.3) is 0 Å². The number of amides is 1. The second-order valence-electron chi connectivity index (χ2n) is 5.74. The van der Waals surface area contributed by atoms with Crippen LogP contribution in [0.4, 0.5) is 4.39 Å². The van der Waals surface area contributed by atoms with Crippen molar-refractivity contribution in [2.75, 3.05) is 6.61 Å². The number of benzene rings is 3. The lowest BCUT2D eigenvalue weighted by molar-refractivity contribution is -0.117. The fourth-order valence-corrected chi connectivity index (χ4v) is 2.66. The molecule has 0 spiro atoms. The summed E-state index contributed by atoms with van der Waals surface area (Å²) in [6.07, 6.45) is 2.87. The van der Waals surface area contributed by atoms with Gasteiger partial charge in [-0.2, -0.15) is 0 Å². The van der Waals surface area contributed by atoms with Gasteiger partial charge in [0.15, 0.2) is 0 Å². The van der Waals surface area contributed by atoms with E-state index in [2.05, 4.69) is 5.32 Å². The van der Waals surface area contributed by atoms with E-state index in [1.54, 1.807) is 12.1 Å². The summed E-state index contributed by atoms with van der Waals surface area (Å²) < 4.78 is 13.1. The van der Waals surface area contributed by atoms with Gasteiger partial charge in [0.05, 0.1) is 12.6 Å². The van der Waals surface area contributed by atoms with Crippen molar-refractivity contribution in [1.29, 1.82) is 0 Å². The summed E-state index contributed by atoms with van der Waals surface area (Å²) in [5.74, 6) is -0.705. The molecule has 0 radical (unpaired) electrons. The lowest BCUT2D eigenvalue weighted by Gasteiger charge is -2.16. The van der Waals surface area contributed by atoms with Gasteiger partial charge < -0.3 is 10.4 Å². The van der Waals surface area contributed by atoms with E-state index in [1.807, 2.05) is 42.5 Å². The topological polar surface area (TPSA) is 49.3 Å². The van der Waals surface area contributed by atoms with Crippen LogP contribution in [-0.4, -0.2) is 17.6 Å². The van der Waals surface area contributed by atoms with E-state index in [-0.39, 0.29) is 18.3 Å². The maximum absolute atomic E-state index is 13.1. The monoisotopic (exact) mass is 335 g/mol. The predicted molar refractivity (Wildman–Crippen MR) is 97.4 cm³/mol. The van der Waals surface area contributed by atoms with Crippen molar-refractivity contribution in [1.82, 2.24) is 5.32 Å². The average molecular weight is 335 g/mol. The Morgan fingerprint density at radius 2 is 1.84 bits per heavy atom. The first-order chi connectivity index (χ1) is 12.2. The van der Waals surface area contributed by atoms with E-state index in [0.29, 0.717) is 5.56 Å². The summed E-state index contributed by atoms with van der Waals surface area (Å²) in [6, 6.07) is 19.2. The Bertz CT molecular complexity index is 920. The molecule has 1 atom stereocenters. The molecule has 0 saturated carbocycles. The zero-order chi connectivity index (χ0) is 17.6. The van der Waals surface area contributed by atoms with Crippen LogP contribution < -0.4 is 5.32 Å². The molecular formula is C21H18FNO2. The van der Waals surface area contributed by atoms with Gasteiger partial charge in [0.2, 0.25) is 5.91 Å². The van der Waals surface area contributed by atoms with E-state index >= 15 is 0 Å². The molecule has 0 aliphatic rings. The fourth-order valence-electron chi connectivity index (χ4n) is 2.66. The maximum atomic E-state index is 13.1. The largest absolute Gasteiger partial charge is 0.394 e. The average Bonchev–Trinajstić information content (AvgIpc) is 2.64. The van der Waals surface area contributed by atoms with Crippen LogP contribution in [0.15, 0.2) is 72.8 Å². The minimum atomic E-state index is -0.505. The number of carbonyl (C=O) groups excluding carboxylic acids is 1. The van der Waals surface area contributed by atoms with Crippen LogP contribution in [0.5, 0.6) is 0 Å². The summed E-state index contributed by atoms with van der Waals surface area (Å²) in [5, 5.41) is 14.5. The third kappa shape index (κ3) is 4.31. The van der Waals surface area contributed by atoms with Crippen LogP contribution in [0.1, 0.15) is 17.2 Å². The van der Waals surface area contributed by atoms with Gasteiger partial charge in [-0.05, 0) is 46.2 Å². The predicted octanol–water partition coefficient (Wildman–Crippen LogP) is 3.84. The van der Waals surface area contributed by atoms with Gasteiger partial charge >= 0.3 is 0 Å². The summed E-state index contributed by atoms with van der Waals surface area (Å²) in [7, 11) is 0. The van der Waals surface area contributed by atoms with E-state index in [4.69, 9.17) is 0 Å². The van der Waals surface area contributed by atoms with Crippen molar-refractivity contribution in [2.45, 2.75) is 6.04 Å². The third-order valence-electron chi connectivity index (χ3n) is 3.95. The van der Waals surface area contributed by atoms with Crippen LogP contribution in [0, 0.1) is 5.82 Å². The van der Waals surface area contributed by atoms with Gasteiger partial charge in [-0.15, -0.1) is 0 Å². The van der Waals surface area contributed by atoms with E-state index < -0.39 is 6.04 Å². The number of rotatable bonds is 5. The number of aliphatic hydroxyl groups is 1. The number of halogens is 1. The zero-order valence-corrected chi connectivity index (χ0v) is 13.5. The molecule has 0 aliphatic heterocycles. The van der Waals surface area contributed by atoms with Gasteiger partial charge in [0.1, 0.15) is 5.82 Å². The third-order valence-corrected chi connectivity index (χ3v) is 3.95. The molecular weight excluding hydrogens is 317 g/mol. The van der Waals surface area contributed by atoms with Crippen molar-refractivity contribution in [3.63, 3.8) is 0 Å². The Morgan fingerprint density at radius 3 is 2.60 bits per heavy atom. The Labute approximate surface area is 145 Å². The molecule has 2 N–H and O–H groups in total. The lowest BCUT2D eigenvalue weighted by atomic mass is 10.0. The molecule has 0 bridgehead atoms. The highest BCUT2D eigenvalue weighted by Gasteiger charge is 2.12. The van der Waals surface area contributed by atoms with Crippen LogP contribution in [-0.2, 0) is 4.79 Å². The summed E-state index contributed by atoms with van der Waals surface area (Å²) in [5.41, 5.74) is 1.43. The minimum absolute atomic E-state index is 0.210. The Hall–Kier alpha value is -2.98. The molecule has 0 fully saturated rings. The number of fused-ring (bicyclic) bond motifs is 1. The molecule has 0 heterocycles. The normalized spacial score (nSPS) is 12.4. The summed E-state index contributed by atoms with van der Waals surface area (Å²) in [6.45, 7) is -0.210. The van der Waals surface area contributed by atoms with Crippen molar-refractivity contribution >= 4 is 22.8 Å². The van der Waals surface area contributed by atoms with Gasteiger partial charge in [-0.3, -0.25) is 4.79 Å². The molecule has 0 aliphatic carbocycles. The highest BCUT2D eigenvalue weighted by Crippen LogP contribution is 2.20. The van der Waals surface area contributed by atoms with E-state index in [9.17, 15) is 14.3 Å². The van der Waals surface area contributed by atoms with E-state index in [1.165, 1.54) is 24.3 Å². The van der Waals surface area contributed by atoms with Crippen LogP contribution >= 0.6 is 0 Å². The summed E-state index contributed by atoms with van der Waals surface area (Å²) >= 11 is 0. The van der Waals surface area contributed by atoms with E-state index in [0.717, 1.165) is 16.3 Å². The lowest BCUT2D eigenvalue weighted by Crippen LogP contribution is -2.29. The molecule has 0 aromatic heterocycles. The van der Waals surface area contributed by atoms with Crippen LogP contribution in [0.3, 0.4) is 0 Å². The summed E-state index contributed by atoms with van der Waals surface area (Å²) in [4.78, 5) is 12.1. The second-order valence-corrected chi connectivity index (χ2v) is 5.74.